The first-order valence-corrected chi connectivity index (χ1v) is 18.5. The smallest absolute Gasteiger partial charge is 0.145 e. The Balaban J connectivity index is 1.25. The molecule has 11 aromatic rings. The molecule has 0 unspecified atom stereocenters. The first kappa shape index (κ1) is 30.5. The predicted molar refractivity (Wildman–Crippen MR) is 229 cm³/mol. The first-order chi connectivity index (χ1) is 26.8. The molecule has 0 radical (unpaired) electrons. The van der Waals surface area contributed by atoms with Gasteiger partial charge in [0.1, 0.15) is 11.2 Å². The molecule has 0 aliphatic rings. The second kappa shape index (κ2) is 12.2. The van der Waals surface area contributed by atoms with Crippen LogP contribution in [-0.4, -0.2) is 0 Å². The predicted octanol–water partition coefficient (Wildman–Crippen LogP) is 15.0. The van der Waals surface area contributed by atoms with Crippen molar-refractivity contribution in [2.75, 3.05) is 4.90 Å². The topological polar surface area (TPSA) is 16.4 Å². The molecule has 54 heavy (non-hydrogen) atoms. The number of furan rings is 1. The van der Waals surface area contributed by atoms with E-state index in [0.717, 1.165) is 50.1 Å². The van der Waals surface area contributed by atoms with Crippen LogP contribution in [0.4, 0.5) is 17.1 Å². The zero-order valence-electron chi connectivity index (χ0n) is 29.4. The molecule has 0 bridgehead atoms. The van der Waals surface area contributed by atoms with Crippen LogP contribution < -0.4 is 4.90 Å². The molecule has 1 heterocycles. The molecule has 2 heteroatoms. The van der Waals surface area contributed by atoms with Gasteiger partial charge in [-0.1, -0.05) is 170 Å². The van der Waals surface area contributed by atoms with Crippen LogP contribution in [0.5, 0.6) is 0 Å². The van der Waals surface area contributed by atoms with Crippen molar-refractivity contribution in [1.29, 1.82) is 0 Å². The summed E-state index contributed by atoms with van der Waals surface area (Å²) < 4.78 is 6.90. The van der Waals surface area contributed by atoms with Gasteiger partial charge in [-0.05, 0) is 79.3 Å². The Hall–Kier alpha value is -7.16. The summed E-state index contributed by atoms with van der Waals surface area (Å²) in [7, 11) is 0. The number of anilines is 3. The fourth-order valence-corrected chi connectivity index (χ4v) is 8.53. The van der Waals surface area contributed by atoms with E-state index in [1.807, 2.05) is 0 Å². The quantitative estimate of drug-likeness (QED) is 0.168. The van der Waals surface area contributed by atoms with Gasteiger partial charge in [0.25, 0.3) is 0 Å². The Labute approximate surface area is 312 Å². The zero-order valence-corrected chi connectivity index (χ0v) is 29.4. The molecule has 0 aliphatic heterocycles. The minimum atomic E-state index is 0.869. The Morgan fingerprint density at radius 1 is 0.315 bits per heavy atom. The third-order valence-corrected chi connectivity index (χ3v) is 11.0. The molecule has 1 aromatic heterocycles. The van der Waals surface area contributed by atoms with E-state index >= 15 is 0 Å². The lowest BCUT2D eigenvalue weighted by Gasteiger charge is -2.30. The van der Waals surface area contributed by atoms with Gasteiger partial charge in [-0.3, -0.25) is 0 Å². The van der Waals surface area contributed by atoms with Crippen molar-refractivity contribution in [3.05, 3.63) is 200 Å². The highest BCUT2D eigenvalue weighted by Gasteiger charge is 2.25. The molecule has 0 spiro atoms. The summed E-state index contributed by atoms with van der Waals surface area (Å²) in [5.41, 5.74) is 9.63. The van der Waals surface area contributed by atoms with Crippen molar-refractivity contribution in [2.24, 2.45) is 0 Å². The van der Waals surface area contributed by atoms with Crippen LogP contribution in [0.25, 0.3) is 87.3 Å². The van der Waals surface area contributed by atoms with Gasteiger partial charge < -0.3 is 9.32 Å². The number of benzene rings is 10. The van der Waals surface area contributed by atoms with Crippen molar-refractivity contribution < 1.29 is 4.42 Å². The fourth-order valence-electron chi connectivity index (χ4n) is 8.53. The van der Waals surface area contributed by atoms with Crippen molar-refractivity contribution >= 4 is 82.1 Å². The Morgan fingerprint density at radius 3 is 1.74 bits per heavy atom. The van der Waals surface area contributed by atoms with E-state index in [-0.39, 0.29) is 0 Å². The number of nitrogens with zero attached hydrogens (tertiary/aromatic N) is 1. The summed E-state index contributed by atoms with van der Waals surface area (Å²) in [6.45, 7) is 0. The average molecular weight is 688 g/mol. The summed E-state index contributed by atoms with van der Waals surface area (Å²) in [6, 6.07) is 72.2. The third-order valence-electron chi connectivity index (χ3n) is 11.0. The zero-order chi connectivity index (χ0) is 35.6. The largest absolute Gasteiger partial charge is 0.455 e. The van der Waals surface area contributed by atoms with E-state index in [4.69, 9.17) is 4.42 Å². The van der Waals surface area contributed by atoms with Crippen LogP contribution >= 0.6 is 0 Å². The van der Waals surface area contributed by atoms with E-state index in [9.17, 15) is 0 Å². The highest BCUT2D eigenvalue weighted by atomic mass is 16.3. The standard InChI is InChI=1S/C52H33NO/c1-2-13-34(14-3-1)35-25-27-37(28-26-35)42-31-32-47(51-45-22-10-11-24-49(45)54-52(42)51)53(46-23-12-17-38-30-29-36-15-4-7-19-41(36)50(38)46)48-33-39-16-5-6-18-40(39)43-20-8-9-21-44(43)48/h1-33H. The third kappa shape index (κ3) is 4.74. The monoisotopic (exact) mass is 687 g/mol. The summed E-state index contributed by atoms with van der Waals surface area (Å²) >= 11 is 0. The van der Waals surface area contributed by atoms with E-state index in [0.29, 0.717) is 0 Å². The molecule has 0 atom stereocenters. The van der Waals surface area contributed by atoms with Crippen LogP contribution in [0.15, 0.2) is 205 Å². The van der Waals surface area contributed by atoms with Crippen molar-refractivity contribution in [3.63, 3.8) is 0 Å². The normalized spacial score (nSPS) is 11.7. The number of para-hydroxylation sites is 1. The lowest BCUT2D eigenvalue weighted by Crippen LogP contribution is -2.12. The van der Waals surface area contributed by atoms with Gasteiger partial charge in [0.15, 0.2) is 0 Å². The molecule has 0 amide bonds. The van der Waals surface area contributed by atoms with E-state index in [2.05, 4.69) is 205 Å². The van der Waals surface area contributed by atoms with Crippen LogP contribution in [0.1, 0.15) is 0 Å². The molecule has 0 aliphatic carbocycles. The molecule has 10 aromatic carbocycles. The van der Waals surface area contributed by atoms with Crippen LogP contribution in [0, 0.1) is 0 Å². The molecule has 2 nitrogen and oxygen atoms in total. The second-order valence-electron chi connectivity index (χ2n) is 14.0. The number of hydrogen-bond donors (Lipinski definition) is 0. The highest BCUT2D eigenvalue weighted by Crippen LogP contribution is 2.50. The van der Waals surface area contributed by atoms with Gasteiger partial charge in [-0.2, -0.15) is 0 Å². The van der Waals surface area contributed by atoms with Crippen LogP contribution in [0.2, 0.25) is 0 Å². The molecule has 11 rings (SSSR count). The van der Waals surface area contributed by atoms with Gasteiger partial charge in [0, 0.05) is 21.7 Å². The molecular formula is C52H33NO. The van der Waals surface area contributed by atoms with Crippen molar-refractivity contribution in [3.8, 4) is 22.3 Å². The molecule has 0 saturated carbocycles. The summed E-state index contributed by atoms with van der Waals surface area (Å²) in [4.78, 5) is 2.50. The summed E-state index contributed by atoms with van der Waals surface area (Å²) in [6.07, 6.45) is 0. The number of hydrogen-bond acceptors (Lipinski definition) is 2. The molecule has 0 fully saturated rings. The minimum absolute atomic E-state index is 0.869. The van der Waals surface area contributed by atoms with Gasteiger partial charge in [0.2, 0.25) is 0 Å². The average Bonchev–Trinajstić information content (AvgIpc) is 3.64. The van der Waals surface area contributed by atoms with E-state index in [1.165, 1.54) is 54.2 Å². The van der Waals surface area contributed by atoms with Crippen LogP contribution in [0.3, 0.4) is 0 Å². The molecular weight excluding hydrogens is 655 g/mol. The Kier molecular flexibility index (Phi) is 6.90. The number of fused-ring (bicyclic) bond motifs is 9. The lowest BCUT2D eigenvalue weighted by molar-refractivity contribution is 0.670. The lowest BCUT2D eigenvalue weighted by atomic mass is 9.95. The maximum Gasteiger partial charge on any atom is 0.145 e. The van der Waals surface area contributed by atoms with E-state index < -0.39 is 0 Å². The van der Waals surface area contributed by atoms with Gasteiger partial charge in [0.05, 0.1) is 22.4 Å². The fraction of sp³-hybridized carbons (Fsp3) is 0. The molecule has 252 valence electrons. The Morgan fingerprint density at radius 2 is 0.907 bits per heavy atom. The first-order valence-electron chi connectivity index (χ1n) is 18.5. The van der Waals surface area contributed by atoms with Crippen molar-refractivity contribution in [2.45, 2.75) is 0 Å². The van der Waals surface area contributed by atoms with Crippen LogP contribution in [-0.2, 0) is 0 Å². The maximum absolute atomic E-state index is 6.90. The maximum atomic E-state index is 6.90. The van der Waals surface area contributed by atoms with Crippen molar-refractivity contribution in [1.82, 2.24) is 0 Å². The highest BCUT2D eigenvalue weighted by molar-refractivity contribution is 6.23. The molecule has 0 saturated heterocycles. The van der Waals surface area contributed by atoms with Gasteiger partial charge in [-0.25, -0.2) is 0 Å². The number of rotatable bonds is 5. The Bertz CT molecular complexity index is 3200. The molecule has 0 N–H and O–H groups in total. The SMILES string of the molecule is c1ccc(-c2ccc(-c3ccc(N(c4cc5ccccc5c5ccccc45)c4cccc5ccc6ccccc6c45)c4c3oc3ccccc34)cc2)cc1. The van der Waals surface area contributed by atoms with Gasteiger partial charge >= 0.3 is 0 Å². The second-order valence-corrected chi connectivity index (χ2v) is 14.0. The van der Waals surface area contributed by atoms with Gasteiger partial charge in [-0.15, -0.1) is 0 Å². The minimum Gasteiger partial charge on any atom is -0.455 e. The summed E-state index contributed by atoms with van der Waals surface area (Å²) in [5, 5.41) is 11.9. The summed E-state index contributed by atoms with van der Waals surface area (Å²) in [5.74, 6) is 0. The van der Waals surface area contributed by atoms with E-state index in [1.54, 1.807) is 0 Å².